The number of carbonyl (C=O) groups is 3. The van der Waals surface area contributed by atoms with Crippen LogP contribution in [0.1, 0.15) is 342 Å². The lowest BCUT2D eigenvalue weighted by Crippen LogP contribution is -2.30. The Morgan fingerprint density at radius 3 is 0.783 bits per heavy atom. The summed E-state index contributed by atoms with van der Waals surface area (Å²) in [5.74, 6) is -0.953. The largest absolute Gasteiger partial charge is 0.462 e. The number of unbranched alkanes of at least 4 members (excludes halogenated alkanes) is 35. The summed E-state index contributed by atoms with van der Waals surface area (Å²) in [6.45, 7) is 6.51. The number of hydrogen-bond acceptors (Lipinski definition) is 6. The summed E-state index contributed by atoms with van der Waals surface area (Å²) in [6, 6.07) is 0. The van der Waals surface area contributed by atoms with E-state index in [1.165, 1.54) is 205 Å². The Morgan fingerprint density at radius 2 is 0.482 bits per heavy atom. The van der Waals surface area contributed by atoms with Crippen LogP contribution < -0.4 is 0 Å². The third-order valence-corrected chi connectivity index (χ3v) is 15.2. The van der Waals surface area contributed by atoms with Crippen LogP contribution in [0, 0.1) is 0 Å². The van der Waals surface area contributed by atoms with Crippen LogP contribution in [0.4, 0.5) is 0 Å². The van der Waals surface area contributed by atoms with Gasteiger partial charge in [-0.1, -0.05) is 310 Å². The topological polar surface area (TPSA) is 78.9 Å². The average Bonchev–Trinajstić information content (AvgIpc) is 3.49. The van der Waals surface area contributed by atoms with E-state index in [-0.39, 0.29) is 37.5 Å². The highest BCUT2D eigenvalue weighted by Crippen LogP contribution is 2.17. The lowest BCUT2D eigenvalue weighted by atomic mass is 10.0. The second-order valence-electron chi connectivity index (χ2n) is 23.4. The van der Waals surface area contributed by atoms with Gasteiger partial charge in [0.15, 0.2) is 6.10 Å². The SMILES string of the molecule is CC/C=C\C/C=C\C/C=C\C/C=C\C/C=C\C/C=C\C/C=C\CCCC(=O)OC(COC(=O)CCCCCCCCC/C=C\CCCCCCCC)COC(=O)CCCCCCCCCCCCCCC/C=C\CCCCCCCCCC. The molecule has 0 saturated carbocycles. The molecule has 0 heterocycles. The molecule has 0 saturated heterocycles. The van der Waals surface area contributed by atoms with E-state index in [1.807, 2.05) is 0 Å². The van der Waals surface area contributed by atoms with Crippen LogP contribution in [0.2, 0.25) is 0 Å². The maximum Gasteiger partial charge on any atom is 0.306 e. The highest BCUT2D eigenvalue weighted by atomic mass is 16.6. The minimum atomic E-state index is -0.814. The summed E-state index contributed by atoms with van der Waals surface area (Å²) in [5.41, 5.74) is 0. The normalized spacial score (nSPS) is 12.8. The molecule has 0 aliphatic rings. The van der Waals surface area contributed by atoms with E-state index in [2.05, 4.69) is 130 Å². The maximum absolute atomic E-state index is 12.9. The Labute approximate surface area is 514 Å². The van der Waals surface area contributed by atoms with Gasteiger partial charge in [0.05, 0.1) is 0 Å². The molecule has 0 bridgehead atoms. The molecule has 0 N–H and O–H groups in total. The maximum atomic E-state index is 12.9. The first-order valence-electron chi connectivity index (χ1n) is 35.4. The van der Waals surface area contributed by atoms with Crippen LogP contribution >= 0.6 is 0 Å². The third kappa shape index (κ3) is 68.7. The monoisotopic (exact) mass is 1150 g/mol. The Bertz CT molecular complexity index is 1660. The first kappa shape index (κ1) is 79.1. The highest BCUT2D eigenvalue weighted by molar-refractivity contribution is 5.71. The molecular formula is C77H132O6. The Morgan fingerprint density at radius 1 is 0.253 bits per heavy atom. The lowest BCUT2D eigenvalue weighted by molar-refractivity contribution is -0.167. The van der Waals surface area contributed by atoms with Crippen molar-refractivity contribution in [2.45, 2.75) is 348 Å². The van der Waals surface area contributed by atoms with Crippen LogP contribution in [-0.4, -0.2) is 37.2 Å². The van der Waals surface area contributed by atoms with Crippen molar-refractivity contribution in [2.24, 2.45) is 0 Å². The Kier molecular flexibility index (Phi) is 67.2. The first-order chi connectivity index (χ1) is 41.0. The first-order valence-corrected chi connectivity index (χ1v) is 35.4. The molecule has 0 radical (unpaired) electrons. The highest BCUT2D eigenvalue weighted by Gasteiger charge is 2.19. The molecular weight excluding hydrogens is 1020 g/mol. The number of esters is 3. The predicted molar refractivity (Wildman–Crippen MR) is 362 cm³/mol. The van der Waals surface area contributed by atoms with Crippen molar-refractivity contribution in [1.82, 2.24) is 0 Å². The van der Waals surface area contributed by atoms with Crippen LogP contribution in [0.5, 0.6) is 0 Å². The fourth-order valence-corrected chi connectivity index (χ4v) is 9.95. The van der Waals surface area contributed by atoms with Crippen molar-refractivity contribution in [3.63, 3.8) is 0 Å². The molecule has 0 aromatic carbocycles. The number of hydrogen-bond donors (Lipinski definition) is 0. The predicted octanol–water partition coefficient (Wildman–Crippen LogP) is 24.6. The van der Waals surface area contributed by atoms with Gasteiger partial charge >= 0.3 is 17.9 Å². The van der Waals surface area contributed by atoms with Crippen LogP contribution in [-0.2, 0) is 28.6 Å². The third-order valence-electron chi connectivity index (χ3n) is 15.2. The number of carbonyl (C=O) groups excluding carboxylic acids is 3. The summed E-state index contributed by atoms with van der Waals surface area (Å²) in [6.07, 6.45) is 96.9. The van der Waals surface area contributed by atoms with E-state index in [4.69, 9.17) is 14.2 Å². The molecule has 6 nitrogen and oxygen atoms in total. The summed E-state index contributed by atoms with van der Waals surface area (Å²) in [4.78, 5) is 38.5. The summed E-state index contributed by atoms with van der Waals surface area (Å²) >= 11 is 0. The second-order valence-corrected chi connectivity index (χ2v) is 23.4. The molecule has 0 aromatic rings. The molecule has 0 spiro atoms. The molecule has 83 heavy (non-hydrogen) atoms. The van der Waals surface area contributed by atoms with E-state index in [0.29, 0.717) is 19.3 Å². The molecule has 1 unspecified atom stereocenters. The van der Waals surface area contributed by atoms with Crippen molar-refractivity contribution in [3.8, 4) is 0 Å². The van der Waals surface area contributed by atoms with Gasteiger partial charge in [0.2, 0.25) is 0 Å². The molecule has 6 heteroatoms. The molecule has 1 atom stereocenters. The zero-order valence-corrected chi connectivity index (χ0v) is 54.7. The van der Waals surface area contributed by atoms with Crippen molar-refractivity contribution >= 4 is 17.9 Å². The van der Waals surface area contributed by atoms with Gasteiger partial charge in [-0.15, -0.1) is 0 Å². The number of ether oxygens (including phenoxy) is 3. The summed E-state index contributed by atoms with van der Waals surface area (Å²) in [5, 5.41) is 0. The second kappa shape index (κ2) is 70.6. The zero-order chi connectivity index (χ0) is 59.9. The van der Waals surface area contributed by atoms with Gasteiger partial charge in [0.1, 0.15) is 13.2 Å². The smallest absolute Gasteiger partial charge is 0.306 e. The summed E-state index contributed by atoms with van der Waals surface area (Å²) in [7, 11) is 0. The fraction of sp³-hybridized carbons (Fsp3) is 0.727. The molecule has 0 rings (SSSR count). The molecule has 0 aromatic heterocycles. The number of allylic oxidation sites excluding steroid dienone is 18. The summed E-state index contributed by atoms with van der Waals surface area (Å²) < 4.78 is 16.9. The van der Waals surface area contributed by atoms with Gasteiger partial charge in [0, 0.05) is 19.3 Å². The Hall–Kier alpha value is -3.93. The van der Waals surface area contributed by atoms with E-state index in [9.17, 15) is 14.4 Å². The Balaban J connectivity index is 4.44. The molecule has 0 aliphatic heterocycles. The van der Waals surface area contributed by atoms with Crippen molar-refractivity contribution in [1.29, 1.82) is 0 Å². The van der Waals surface area contributed by atoms with Crippen LogP contribution in [0.25, 0.3) is 0 Å². The van der Waals surface area contributed by atoms with E-state index < -0.39 is 6.10 Å². The van der Waals surface area contributed by atoms with Crippen molar-refractivity contribution in [2.75, 3.05) is 13.2 Å². The average molecular weight is 1150 g/mol. The van der Waals surface area contributed by atoms with Crippen molar-refractivity contribution in [3.05, 3.63) is 109 Å². The zero-order valence-electron chi connectivity index (χ0n) is 54.7. The van der Waals surface area contributed by atoms with Crippen LogP contribution in [0.15, 0.2) is 109 Å². The van der Waals surface area contributed by atoms with E-state index >= 15 is 0 Å². The molecule has 0 amide bonds. The molecule has 476 valence electrons. The molecule has 0 aliphatic carbocycles. The minimum Gasteiger partial charge on any atom is -0.462 e. The molecule has 0 fully saturated rings. The number of rotatable bonds is 64. The minimum absolute atomic E-state index is 0.102. The van der Waals surface area contributed by atoms with Crippen LogP contribution in [0.3, 0.4) is 0 Å². The van der Waals surface area contributed by atoms with Gasteiger partial charge < -0.3 is 14.2 Å². The standard InChI is InChI=1S/C77H132O6/c1-4-7-10-13-16-19-22-25-28-31-33-35-37-38-40-41-43-46-49-52-55-58-61-64-67-70-76(79)82-73-74(72-81-75(78)69-66-63-60-57-54-51-48-45-30-27-24-21-18-15-12-9-6-3)83-77(80)71-68-65-62-59-56-53-50-47-44-42-39-36-34-32-29-26-23-20-17-14-11-8-5-2/h8,11,17,20,26-27,29-31,33-34,36,42,44,50,53,59,62,74H,4-7,9-10,12-16,18-19,21-25,28,32,35,37-41,43,45-49,51-52,54-58,60-61,63-73H2,1-3H3/b11-8-,20-17-,29-26-,30-27-,33-31-,36-34-,44-42-,53-50-,62-59-. The van der Waals surface area contributed by atoms with Gasteiger partial charge in [-0.2, -0.15) is 0 Å². The van der Waals surface area contributed by atoms with Gasteiger partial charge in [-0.25, -0.2) is 0 Å². The van der Waals surface area contributed by atoms with Gasteiger partial charge in [0.25, 0.3) is 0 Å². The quantitative estimate of drug-likeness (QED) is 0.0261. The van der Waals surface area contributed by atoms with Crippen molar-refractivity contribution < 1.29 is 28.6 Å². The van der Waals surface area contributed by atoms with E-state index in [1.54, 1.807) is 0 Å². The fourth-order valence-electron chi connectivity index (χ4n) is 9.95. The van der Waals surface area contributed by atoms with Gasteiger partial charge in [-0.3, -0.25) is 14.4 Å². The van der Waals surface area contributed by atoms with E-state index in [0.717, 1.165) is 89.9 Å². The van der Waals surface area contributed by atoms with Gasteiger partial charge in [-0.05, 0) is 122 Å². The lowest BCUT2D eigenvalue weighted by Gasteiger charge is -2.18.